The van der Waals surface area contributed by atoms with Gasteiger partial charge in [-0.25, -0.2) is 4.79 Å². The lowest BCUT2D eigenvalue weighted by Gasteiger charge is -2.13. The summed E-state index contributed by atoms with van der Waals surface area (Å²) >= 11 is 0. The minimum atomic E-state index is -1.05. The molecule has 0 aliphatic carbocycles. The number of hydrogen-bond acceptors (Lipinski definition) is 7. The number of benzene rings is 1. The van der Waals surface area contributed by atoms with Crippen LogP contribution in [0.5, 0.6) is 11.5 Å². The first-order valence-electron chi connectivity index (χ1n) is 10.1. The van der Waals surface area contributed by atoms with Gasteiger partial charge >= 0.3 is 6.09 Å². The first-order chi connectivity index (χ1) is 16.0. The molecule has 33 heavy (non-hydrogen) atoms. The average Bonchev–Trinajstić information content (AvgIpc) is 3.24. The van der Waals surface area contributed by atoms with Gasteiger partial charge < -0.3 is 24.8 Å². The van der Waals surface area contributed by atoms with Crippen LogP contribution in [0.3, 0.4) is 0 Å². The summed E-state index contributed by atoms with van der Waals surface area (Å²) < 4.78 is 12.9. The maximum Gasteiger partial charge on any atom is 0.407 e. The summed E-state index contributed by atoms with van der Waals surface area (Å²) in [6.45, 7) is 0.499. The van der Waals surface area contributed by atoms with Gasteiger partial charge in [-0.3, -0.25) is 14.2 Å². The molecular formula is C22H22N6O5. The number of carboxylic acid groups (broad SMARTS) is 1. The second kappa shape index (κ2) is 9.39. The molecule has 4 rings (SSSR count). The maximum atomic E-state index is 12.5. The Bertz CT molecular complexity index is 1320. The molecule has 0 aliphatic heterocycles. The zero-order valence-corrected chi connectivity index (χ0v) is 18.1. The predicted octanol–water partition coefficient (Wildman–Crippen LogP) is 2.20. The van der Waals surface area contributed by atoms with Gasteiger partial charge in [0.2, 0.25) is 0 Å². The molecule has 1 aromatic carbocycles. The predicted molar refractivity (Wildman–Crippen MR) is 119 cm³/mol. The van der Waals surface area contributed by atoms with Crippen LogP contribution in [0.25, 0.3) is 16.6 Å². The third-order valence-corrected chi connectivity index (χ3v) is 5.06. The minimum Gasteiger partial charge on any atom is -0.497 e. The van der Waals surface area contributed by atoms with Gasteiger partial charge in [0.15, 0.2) is 11.5 Å². The van der Waals surface area contributed by atoms with Crippen molar-refractivity contribution in [2.45, 2.75) is 6.61 Å². The van der Waals surface area contributed by atoms with Crippen molar-refractivity contribution in [3.8, 4) is 11.5 Å². The molecule has 3 aromatic heterocycles. The van der Waals surface area contributed by atoms with Crippen LogP contribution in [-0.4, -0.2) is 68.8 Å². The van der Waals surface area contributed by atoms with Gasteiger partial charge in [0.1, 0.15) is 18.1 Å². The summed E-state index contributed by atoms with van der Waals surface area (Å²) in [5.74, 6) is 1.53. The molecular weight excluding hydrogens is 428 g/mol. The van der Waals surface area contributed by atoms with E-state index >= 15 is 0 Å². The fraction of sp³-hybridized carbons (Fsp3) is 0.227. The summed E-state index contributed by atoms with van der Waals surface area (Å²) in [5, 5.41) is 20.7. The topological polar surface area (TPSA) is 131 Å². The highest BCUT2D eigenvalue weighted by Crippen LogP contribution is 2.27. The first-order valence-corrected chi connectivity index (χ1v) is 10.1. The van der Waals surface area contributed by atoms with Crippen LogP contribution < -0.4 is 14.8 Å². The van der Waals surface area contributed by atoms with Crippen molar-refractivity contribution in [3.63, 3.8) is 0 Å². The molecule has 0 unspecified atom stereocenters. The standard InChI is InChI=1S/C22H22N6O5/c1-27(22(30)31)10-9-24-21(29)14-3-6-19-25-26-20(28(19)12-14)13-33-18-7-8-23-17-11-15(32-2)4-5-16(17)18/h3-8,11-12H,9-10,13H2,1-2H3,(H,24,29)(H,30,31). The molecule has 2 N–H and O–H groups in total. The van der Waals surface area contributed by atoms with E-state index in [0.717, 1.165) is 15.8 Å². The molecule has 0 aliphatic rings. The van der Waals surface area contributed by atoms with Crippen LogP contribution in [0, 0.1) is 0 Å². The Kier molecular flexibility index (Phi) is 6.20. The molecule has 4 aromatic rings. The highest BCUT2D eigenvalue weighted by molar-refractivity contribution is 5.94. The molecule has 3 heterocycles. The van der Waals surface area contributed by atoms with Crippen molar-refractivity contribution in [3.05, 3.63) is 60.2 Å². The molecule has 0 radical (unpaired) electrons. The van der Waals surface area contributed by atoms with E-state index in [1.54, 1.807) is 42.1 Å². The number of likely N-dealkylation sites (N-methyl/N-ethyl adjacent to an activating group) is 1. The monoisotopic (exact) mass is 450 g/mol. The molecule has 0 atom stereocenters. The van der Waals surface area contributed by atoms with Gasteiger partial charge in [0, 0.05) is 44.0 Å². The van der Waals surface area contributed by atoms with Crippen molar-refractivity contribution in [2.75, 3.05) is 27.2 Å². The second-order valence-electron chi connectivity index (χ2n) is 7.20. The number of nitrogens with zero attached hydrogens (tertiary/aromatic N) is 5. The van der Waals surface area contributed by atoms with Gasteiger partial charge in [0.05, 0.1) is 18.2 Å². The molecule has 170 valence electrons. The Morgan fingerprint density at radius 3 is 2.82 bits per heavy atom. The summed E-state index contributed by atoms with van der Waals surface area (Å²) in [6, 6.07) is 10.6. The van der Waals surface area contributed by atoms with Gasteiger partial charge in [-0.2, -0.15) is 0 Å². The number of carbonyl (C=O) groups excluding carboxylic acids is 1. The zero-order chi connectivity index (χ0) is 23.4. The van der Waals surface area contributed by atoms with Crippen LogP contribution >= 0.6 is 0 Å². The summed E-state index contributed by atoms with van der Waals surface area (Å²) in [7, 11) is 3.04. The Hall–Kier alpha value is -4.41. The van der Waals surface area contributed by atoms with Crippen LogP contribution in [0.1, 0.15) is 16.2 Å². The van der Waals surface area contributed by atoms with Crippen molar-refractivity contribution in [1.29, 1.82) is 0 Å². The van der Waals surface area contributed by atoms with Crippen molar-refractivity contribution in [1.82, 2.24) is 29.8 Å². The minimum absolute atomic E-state index is 0.126. The molecule has 2 amide bonds. The van der Waals surface area contributed by atoms with E-state index in [0.29, 0.717) is 28.5 Å². The molecule has 0 bridgehead atoms. The summed E-state index contributed by atoms with van der Waals surface area (Å²) in [5.41, 5.74) is 1.70. The van der Waals surface area contributed by atoms with Gasteiger partial charge in [0.25, 0.3) is 5.91 Å². The van der Waals surface area contributed by atoms with E-state index in [1.807, 2.05) is 18.2 Å². The fourth-order valence-electron chi connectivity index (χ4n) is 3.20. The lowest BCUT2D eigenvalue weighted by Crippen LogP contribution is -2.35. The number of amides is 2. The third-order valence-electron chi connectivity index (χ3n) is 5.06. The Morgan fingerprint density at radius 2 is 2.03 bits per heavy atom. The lowest BCUT2D eigenvalue weighted by atomic mass is 10.2. The van der Waals surface area contributed by atoms with E-state index in [1.165, 1.54) is 7.05 Å². The summed E-state index contributed by atoms with van der Waals surface area (Å²) in [6.07, 6.45) is 2.23. The van der Waals surface area contributed by atoms with Crippen molar-refractivity contribution in [2.24, 2.45) is 0 Å². The number of fused-ring (bicyclic) bond motifs is 2. The number of nitrogens with one attached hydrogen (secondary N) is 1. The molecule has 11 heteroatoms. The van der Waals surface area contributed by atoms with E-state index in [9.17, 15) is 9.59 Å². The van der Waals surface area contributed by atoms with Crippen molar-refractivity contribution >= 4 is 28.6 Å². The number of carbonyl (C=O) groups is 2. The molecule has 11 nitrogen and oxygen atoms in total. The zero-order valence-electron chi connectivity index (χ0n) is 18.1. The van der Waals surface area contributed by atoms with Gasteiger partial charge in [-0.1, -0.05) is 0 Å². The average molecular weight is 450 g/mol. The second-order valence-corrected chi connectivity index (χ2v) is 7.20. The quantitative estimate of drug-likeness (QED) is 0.418. The number of rotatable bonds is 8. The summed E-state index contributed by atoms with van der Waals surface area (Å²) in [4.78, 5) is 28.8. The van der Waals surface area contributed by atoms with Crippen LogP contribution in [-0.2, 0) is 6.61 Å². The third kappa shape index (κ3) is 4.76. The Labute approximate surface area is 188 Å². The largest absolute Gasteiger partial charge is 0.497 e. The smallest absolute Gasteiger partial charge is 0.407 e. The lowest BCUT2D eigenvalue weighted by molar-refractivity contribution is 0.0946. The van der Waals surface area contributed by atoms with E-state index < -0.39 is 6.09 Å². The van der Waals surface area contributed by atoms with Crippen LogP contribution in [0.15, 0.2) is 48.8 Å². The number of ether oxygens (including phenoxy) is 2. The normalized spacial score (nSPS) is 10.8. The van der Waals surface area contributed by atoms with Crippen LogP contribution in [0.2, 0.25) is 0 Å². The molecule has 0 fully saturated rings. The SMILES string of the molecule is COc1ccc2c(OCc3nnc4ccc(C(=O)NCCN(C)C(=O)O)cn34)ccnc2c1. The number of pyridine rings is 2. The number of hydrogen-bond donors (Lipinski definition) is 2. The fourth-order valence-corrected chi connectivity index (χ4v) is 3.20. The molecule has 0 spiro atoms. The van der Waals surface area contributed by atoms with E-state index in [4.69, 9.17) is 14.6 Å². The van der Waals surface area contributed by atoms with Gasteiger partial charge in [-0.05, 0) is 30.3 Å². The van der Waals surface area contributed by atoms with E-state index in [-0.39, 0.29) is 25.6 Å². The van der Waals surface area contributed by atoms with Crippen molar-refractivity contribution < 1.29 is 24.2 Å². The highest BCUT2D eigenvalue weighted by atomic mass is 16.5. The number of methoxy groups -OCH3 is 1. The highest BCUT2D eigenvalue weighted by Gasteiger charge is 2.13. The van der Waals surface area contributed by atoms with Crippen LogP contribution in [0.4, 0.5) is 4.79 Å². The Balaban J connectivity index is 1.48. The Morgan fingerprint density at radius 1 is 1.18 bits per heavy atom. The van der Waals surface area contributed by atoms with Gasteiger partial charge in [-0.15, -0.1) is 10.2 Å². The molecule has 0 saturated heterocycles. The number of aromatic nitrogens is 4. The maximum absolute atomic E-state index is 12.5. The van der Waals surface area contributed by atoms with E-state index in [2.05, 4.69) is 20.5 Å². The first kappa shape index (κ1) is 21.8. The molecule has 0 saturated carbocycles.